The second-order valence-corrected chi connectivity index (χ2v) is 6.75. The Balaban J connectivity index is 1.97. The lowest BCUT2D eigenvalue weighted by Crippen LogP contribution is -2.31. The van der Waals surface area contributed by atoms with Crippen molar-refractivity contribution in [2.75, 3.05) is 38.7 Å². The minimum Gasteiger partial charge on any atom is -0.466 e. The van der Waals surface area contributed by atoms with Gasteiger partial charge >= 0.3 is 5.97 Å². The largest absolute Gasteiger partial charge is 0.466 e. The highest BCUT2D eigenvalue weighted by Gasteiger charge is 2.35. The zero-order chi connectivity index (χ0) is 18.0. The Morgan fingerprint density at radius 3 is 2.96 bits per heavy atom. The highest BCUT2D eigenvalue weighted by atomic mass is 79.9. The lowest BCUT2D eigenvalue weighted by molar-refractivity contribution is -0.136. The molecule has 0 aromatic heterocycles. The fraction of sp³-hybridized carbons (Fsp3) is 0.412. The number of halogens is 1. The van der Waals surface area contributed by atoms with Crippen LogP contribution in [0.4, 0.5) is 5.69 Å². The Kier molecular flexibility index (Phi) is 5.41. The van der Waals surface area contributed by atoms with Crippen LogP contribution in [-0.2, 0) is 27.3 Å². The van der Waals surface area contributed by atoms with E-state index in [1.807, 2.05) is 12.1 Å². The normalized spacial score (nSPS) is 16.9. The Bertz CT molecular complexity index is 748. The number of anilines is 1. The standard InChI is InChI=1S/C17H20BrN3O4/c1-25-17(24)12-9-21(6-7-22)16(23)15(12)20-14-3-2-13(18)10-4-5-19-8-11(10)14/h2-3,19-20,22H,4-9H2,1H3. The van der Waals surface area contributed by atoms with E-state index < -0.39 is 5.97 Å². The van der Waals surface area contributed by atoms with Gasteiger partial charge in [0.25, 0.3) is 5.91 Å². The van der Waals surface area contributed by atoms with Gasteiger partial charge in [-0.25, -0.2) is 4.79 Å². The van der Waals surface area contributed by atoms with Gasteiger partial charge in [-0.2, -0.15) is 0 Å². The van der Waals surface area contributed by atoms with Crippen LogP contribution in [0.5, 0.6) is 0 Å². The molecule has 0 atom stereocenters. The van der Waals surface area contributed by atoms with Crippen LogP contribution in [0.2, 0.25) is 0 Å². The van der Waals surface area contributed by atoms with Crippen molar-refractivity contribution in [3.63, 3.8) is 0 Å². The van der Waals surface area contributed by atoms with Gasteiger partial charge in [0.1, 0.15) is 5.70 Å². The maximum atomic E-state index is 12.6. The lowest BCUT2D eigenvalue weighted by atomic mass is 9.99. The molecule has 1 amide bonds. The van der Waals surface area contributed by atoms with Crippen LogP contribution in [0, 0.1) is 0 Å². The molecule has 0 spiro atoms. The van der Waals surface area contributed by atoms with E-state index in [9.17, 15) is 9.59 Å². The van der Waals surface area contributed by atoms with Gasteiger partial charge in [0.05, 0.1) is 25.8 Å². The number of hydrogen-bond acceptors (Lipinski definition) is 6. The predicted molar refractivity (Wildman–Crippen MR) is 95.9 cm³/mol. The molecule has 7 nitrogen and oxygen atoms in total. The minimum atomic E-state index is -0.541. The molecule has 0 aliphatic carbocycles. The molecular formula is C17H20BrN3O4. The number of nitrogens with one attached hydrogen (secondary N) is 2. The summed E-state index contributed by atoms with van der Waals surface area (Å²) >= 11 is 3.57. The molecule has 8 heteroatoms. The number of nitrogens with zero attached hydrogens (tertiary/aromatic N) is 1. The number of ether oxygens (including phenoxy) is 1. The average Bonchev–Trinajstić information content (AvgIpc) is 2.93. The van der Waals surface area contributed by atoms with Crippen LogP contribution in [0.3, 0.4) is 0 Å². The van der Waals surface area contributed by atoms with Crippen molar-refractivity contribution in [2.45, 2.75) is 13.0 Å². The number of esters is 1. The Labute approximate surface area is 154 Å². The zero-order valence-corrected chi connectivity index (χ0v) is 15.5. The molecule has 2 aliphatic rings. The van der Waals surface area contributed by atoms with Crippen LogP contribution in [0.25, 0.3) is 0 Å². The Hall–Kier alpha value is -1.90. The summed E-state index contributed by atoms with van der Waals surface area (Å²) in [7, 11) is 1.29. The first-order valence-electron chi connectivity index (χ1n) is 8.06. The maximum absolute atomic E-state index is 12.6. The van der Waals surface area contributed by atoms with E-state index in [0.29, 0.717) is 6.54 Å². The molecule has 0 radical (unpaired) electrons. The van der Waals surface area contributed by atoms with Gasteiger partial charge in [-0.1, -0.05) is 15.9 Å². The highest BCUT2D eigenvalue weighted by Crippen LogP contribution is 2.32. The van der Waals surface area contributed by atoms with Crippen molar-refractivity contribution in [3.8, 4) is 0 Å². The van der Waals surface area contributed by atoms with Crippen molar-refractivity contribution < 1.29 is 19.4 Å². The van der Waals surface area contributed by atoms with E-state index in [1.165, 1.54) is 17.6 Å². The number of methoxy groups -OCH3 is 1. The number of benzene rings is 1. The molecule has 0 unspecified atom stereocenters. The number of carbonyl (C=O) groups is 2. The van der Waals surface area contributed by atoms with Gasteiger partial charge in [0.2, 0.25) is 0 Å². The molecule has 2 aliphatic heterocycles. The number of rotatable bonds is 5. The highest BCUT2D eigenvalue weighted by molar-refractivity contribution is 9.10. The van der Waals surface area contributed by atoms with Crippen molar-refractivity contribution in [1.29, 1.82) is 0 Å². The summed E-state index contributed by atoms with van der Waals surface area (Å²) in [6.07, 6.45) is 0.888. The summed E-state index contributed by atoms with van der Waals surface area (Å²) in [6, 6.07) is 3.83. The fourth-order valence-corrected chi connectivity index (χ4v) is 3.73. The van der Waals surface area contributed by atoms with Crippen molar-refractivity contribution in [1.82, 2.24) is 10.2 Å². The first-order valence-corrected chi connectivity index (χ1v) is 8.85. The molecule has 2 heterocycles. The molecule has 0 fully saturated rings. The van der Waals surface area contributed by atoms with E-state index in [4.69, 9.17) is 9.84 Å². The van der Waals surface area contributed by atoms with E-state index in [-0.39, 0.29) is 36.9 Å². The third-order valence-corrected chi connectivity index (χ3v) is 5.18. The number of aliphatic hydroxyl groups is 1. The summed E-state index contributed by atoms with van der Waals surface area (Å²) < 4.78 is 5.85. The summed E-state index contributed by atoms with van der Waals surface area (Å²) in [5.41, 5.74) is 3.56. The fourth-order valence-electron chi connectivity index (χ4n) is 3.16. The number of carbonyl (C=O) groups excluding carboxylic acids is 2. The molecular weight excluding hydrogens is 390 g/mol. The van der Waals surface area contributed by atoms with E-state index in [1.54, 1.807) is 0 Å². The SMILES string of the molecule is COC(=O)C1=C(Nc2ccc(Br)c3c2CNCC3)C(=O)N(CCO)C1. The summed E-state index contributed by atoms with van der Waals surface area (Å²) in [5, 5.41) is 15.6. The number of aliphatic hydroxyl groups excluding tert-OH is 1. The van der Waals surface area contributed by atoms with Crippen molar-refractivity contribution >= 4 is 33.5 Å². The summed E-state index contributed by atoms with van der Waals surface area (Å²) in [4.78, 5) is 26.1. The van der Waals surface area contributed by atoms with Crippen LogP contribution in [0.1, 0.15) is 11.1 Å². The van der Waals surface area contributed by atoms with Crippen molar-refractivity contribution in [3.05, 3.63) is 39.0 Å². The molecule has 25 heavy (non-hydrogen) atoms. The van der Waals surface area contributed by atoms with E-state index in [0.717, 1.165) is 28.7 Å². The summed E-state index contributed by atoms with van der Waals surface area (Å²) in [5.74, 6) is -0.852. The Morgan fingerprint density at radius 1 is 1.44 bits per heavy atom. The van der Waals surface area contributed by atoms with Gasteiger partial charge in [-0.3, -0.25) is 4.79 Å². The monoisotopic (exact) mass is 409 g/mol. The second kappa shape index (κ2) is 7.55. The molecule has 0 bridgehead atoms. The van der Waals surface area contributed by atoms with Crippen LogP contribution in [0.15, 0.2) is 27.9 Å². The molecule has 0 saturated carbocycles. The number of hydrogen-bond donors (Lipinski definition) is 3. The van der Waals surface area contributed by atoms with Crippen LogP contribution < -0.4 is 10.6 Å². The van der Waals surface area contributed by atoms with Gasteiger partial charge in [0, 0.05) is 23.2 Å². The van der Waals surface area contributed by atoms with Crippen molar-refractivity contribution in [2.24, 2.45) is 0 Å². The molecule has 134 valence electrons. The van der Waals surface area contributed by atoms with Crippen LogP contribution >= 0.6 is 15.9 Å². The van der Waals surface area contributed by atoms with Crippen LogP contribution in [-0.4, -0.2) is 55.2 Å². The van der Waals surface area contributed by atoms with Gasteiger partial charge in [0.15, 0.2) is 0 Å². The molecule has 1 aromatic carbocycles. The van der Waals surface area contributed by atoms with E-state index >= 15 is 0 Å². The smallest absolute Gasteiger partial charge is 0.337 e. The number of amides is 1. The average molecular weight is 410 g/mol. The van der Waals surface area contributed by atoms with Gasteiger partial charge < -0.3 is 25.4 Å². The molecule has 3 N–H and O–H groups in total. The summed E-state index contributed by atoms with van der Waals surface area (Å²) in [6.45, 7) is 1.72. The zero-order valence-electron chi connectivity index (χ0n) is 13.9. The number of fused-ring (bicyclic) bond motifs is 1. The molecule has 0 saturated heterocycles. The maximum Gasteiger partial charge on any atom is 0.337 e. The molecule has 3 rings (SSSR count). The Morgan fingerprint density at radius 2 is 2.24 bits per heavy atom. The second-order valence-electron chi connectivity index (χ2n) is 5.90. The van der Waals surface area contributed by atoms with E-state index in [2.05, 4.69) is 26.6 Å². The first kappa shape index (κ1) is 17.9. The predicted octanol–water partition coefficient (Wildman–Crippen LogP) is 0.768. The minimum absolute atomic E-state index is 0.130. The molecule has 1 aromatic rings. The quantitative estimate of drug-likeness (QED) is 0.622. The third-order valence-electron chi connectivity index (χ3n) is 4.44. The topological polar surface area (TPSA) is 90.9 Å². The van der Waals surface area contributed by atoms with Gasteiger partial charge in [-0.05, 0) is 36.2 Å². The third kappa shape index (κ3) is 3.42. The number of β-amino-alcohol motifs (C(OH)–C–C–N with tert-alkyl or cyclic N) is 1. The van der Waals surface area contributed by atoms with Gasteiger partial charge in [-0.15, -0.1) is 0 Å². The first-order chi connectivity index (χ1) is 12.1. The lowest BCUT2D eigenvalue weighted by Gasteiger charge is -2.23.